The van der Waals surface area contributed by atoms with E-state index in [1.54, 1.807) is 0 Å². The van der Waals surface area contributed by atoms with Crippen LogP contribution >= 0.6 is 0 Å². The molecule has 1 rings (SSSR count). The number of hydrogen-bond acceptors (Lipinski definition) is 6. The van der Waals surface area contributed by atoms with Gasteiger partial charge in [-0.15, -0.1) is 5.06 Å². The molecule has 0 bridgehead atoms. The van der Waals surface area contributed by atoms with Gasteiger partial charge in [-0.3, -0.25) is 9.59 Å². The molecule has 1 heterocycles. The van der Waals surface area contributed by atoms with Crippen molar-refractivity contribution < 1.29 is 24.0 Å². The molecule has 0 aliphatic carbocycles. The highest BCUT2D eigenvalue weighted by Gasteiger charge is 2.56. The smallest absolute Gasteiger partial charge is 0.361 e. The van der Waals surface area contributed by atoms with Crippen molar-refractivity contribution in [2.75, 3.05) is 19.9 Å². The number of imide groups is 1. The fourth-order valence-corrected chi connectivity index (χ4v) is 2.63. The van der Waals surface area contributed by atoms with E-state index in [1.165, 1.54) is 6.92 Å². The van der Waals surface area contributed by atoms with Crippen molar-refractivity contribution in [2.24, 2.45) is 5.73 Å². The Morgan fingerprint density at radius 1 is 1.32 bits per heavy atom. The van der Waals surface area contributed by atoms with E-state index in [1.807, 2.05) is 0 Å². The molecule has 1 fully saturated rings. The first-order valence-corrected chi connectivity index (χ1v) is 10.9. The normalized spacial score (nSPS) is 22.5. The van der Waals surface area contributed by atoms with Crippen molar-refractivity contribution in [3.05, 3.63) is 0 Å². The molecule has 0 aromatic carbocycles. The zero-order valence-corrected chi connectivity index (χ0v) is 14.8. The molecule has 8 nitrogen and oxygen atoms in total. The molecule has 9 heteroatoms. The summed E-state index contributed by atoms with van der Waals surface area (Å²) in [7, 11) is -1.25. The second kappa shape index (κ2) is 6.76. The van der Waals surface area contributed by atoms with Gasteiger partial charge >= 0.3 is 12.0 Å². The predicted molar refractivity (Wildman–Crippen MR) is 82.3 cm³/mol. The number of rotatable bonds is 7. The van der Waals surface area contributed by atoms with Crippen LogP contribution < -0.4 is 5.73 Å². The predicted octanol–water partition coefficient (Wildman–Crippen LogP) is 0.758. The van der Waals surface area contributed by atoms with Crippen LogP contribution in [0.3, 0.4) is 0 Å². The van der Waals surface area contributed by atoms with Gasteiger partial charge in [0.1, 0.15) is 6.73 Å². The summed E-state index contributed by atoms with van der Waals surface area (Å²) in [6.07, 6.45) is 0. The molecule has 126 valence electrons. The summed E-state index contributed by atoms with van der Waals surface area (Å²) in [5.41, 5.74) is 4.20. The fourth-order valence-electron chi connectivity index (χ4n) is 1.87. The molecule has 0 radical (unpaired) electrons. The molecule has 0 aromatic rings. The number of ether oxygens (including phenoxy) is 1. The quantitative estimate of drug-likeness (QED) is 0.420. The Labute approximate surface area is 131 Å². The summed E-state index contributed by atoms with van der Waals surface area (Å²) in [4.78, 5) is 41.5. The second-order valence-corrected chi connectivity index (χ2v) is 12.3. The lowest BCUT2D eigenvalue weighted by Gasteiger charge is -2.27. The molecule has 1 aliphatic heterocycles. The minimum Gasteiger partial charge on any atom is -0.361 e. The Morgan fingerprint density at radius 3 is 2.36 bits per heavy atom. The van der Waals surface area contributed by atoms with E-state index in [0.717, 1.165) is 22.9 Å². The molecule has 0 aromatic heterocycles. The molecule has 2 N–H and O–H groups in total. The van der Waals surface area contributed by atoms with Crippen LogP contribution in [0, 0.1) is 0 Å². The summed E-state index contributed by atoms with van der Waals surface area (Å²) < 4.78 is 5.44. The summed E-state index contributed by atoms with van der Waals surface area (Å²) in [6, 6.07) is 0.187. The number of carbonyl (C=O) groups is 3. The summed E-state index contributed by atoms with van der Waals surface area (Å²) in [5, 5.41) is 0.736. The van der Waals surface area contributed by atoms with Gasteiger partial charge in [-0.2, -0.15) is 0 Å². The highest BCUT2D eigenvalue weighted by molar-refractivity contribution is 6.76. The van der Waals surface area contributed by atoms with Crippen LogP contribution in [0.2, 0.25) is 25.7 Å². The first-order valence-electron chi connectivity index (χ1n) is 7.15. The number of nitrogens with two attached hydrogens (primary N) is 1. The zero-order valence-electron chi connectivity index (χ0n) is 13.8. The molecule has 0 saturated carbocycles. The second-order valence-electron chi connectivity index (χ2n) is 6.72. The van der Waals surface area contributed by atoms with Gasteiger partial charge < -0.3 is 15.3 Å². The average Bonchev–Trinajstić information content (AvgIpc) is 2.56. The number of hydroxylamine groups is 2. The Morgan fingerprint density at radius 2 is 1.91 bits per heavy atom. The molecule has 22 heavy (non-hydrogen) atoms. The molecule has 1 aliphatic rings. The van der Waals surface area contributed by atoms with Crippen molar-refractivity contribution in [3.8, 4) is 0 Å². The third kappa shape index (κ3) is 4.05. The van der Waals surface area contributed by atoms with Gasteiger partial charge in [0.25, 0.3) is 5.91 Å². The van der Waals surface area contributed by atoms with Crippen molar-refractivity contribution in [1.29, 1.82) is 0 Å². The topological polar surface area (TPSA) is 102 Å². The van der Waals surface area contributed by atoms with Gasteiger partial charge in [0.2, 0.25) is 0 Å². The van der Waals surface area contributed by atoms with Crippen LogP contribution in [0.15, 0.2) is 0 Å². The zero-order chi connectivity index (χ0) is 17.1. The molecule has 0 spiro atoms. The first kappa shape index (κ1) is 18.6. The lowest BCUT2D eigenvalue weighted by atomic mass is 10.0. The van der Waals surface area contributed by atoms with Gasteiger partial charge in [0.05, 0.1) is 0 Å². The number of carbonyl (C=O) groups excluding carboxylic acids is 3. The average molecular weight is 331 g/mol. The van der Waals surface area contributed by atoms with Crippen LogP contribution in [-0.4, -0.2) is 61.4 Å². The molecular formula is C13H25N3O5Si. The first-order chi connectivity index (χ1) is 10.0. The third-order valence-electron chi connectivity index (χ3n) is 3.39. The van der Waals surface area contributed by atoms with E-state index in [4.69, 9.17) is 15.3 Å². The Kier molecular flexibility index (Phi) is 5.71. The summed E-state index contributed by atoms with van der Waals surface area (Å²) in [6.45, 7) is 9.37. The number of urea groups is 1. The monoisotopic (exact) mass is 331 g/mol. The van der Waals surface area contributed by atoms with E-state index >= 15 is 0 Å². The Hall–Kier alpha value is -1.45. The van der Waals surface area contributed by atoms with Gasteiger partial charge in [-0.25, -0.2) is 9.69 Å². The third-order valence-corrected chi connectivity index (χ3v) is 5.10. The van der Waals surface area contributed by atoms with Gasteiger partial charge in [0, 0.05) is 28.1 Å². The van der Waals surface area contributed by atoms with Gasteiger partial charge in [-0.1, -0.05) is 19.6 Å². The van der Waals surface area contributed by atoms with E-state index in [0.29, 0.717) is 6.61 Å². The molecule has 1 atom stereocenters. The molecule has 3 amide bonds. The Balaban J connectivity index is 2.74. The summed E-state index contributed by atoms with van der Waals surface area (Å²) in [5.74, 6) is -1.23. The van der Waals surface area contributed by atoms with E-state index in [2.05, 4.69) is 19.6 Å². The summed E-state index contributed by atoms with van der Waals surface area (Å²) >= 11 is 0. The lowest BCUT2D eigenvalue weighted by Crippen LogP contribution is -2.53. The van der Waals surface area contributed by atoms with Crippen molar-refractivity contribution in [3.63, 3.8) is 0 Å². The van der Waals surface area contributed by atoms with Crippen LogP contribution in [0.4, 0.5) is 4.79 Å². The standard InChI is InChI=1S/C13H25N3O5Si/c1-10(17)21-16-12(19)15(11(18)13(16,2)8-14)9-20-6-7-22(3,4)5/h6-9,14H2,1-5H3. The minimum atomic E-state index is -1.40. The lowest BCUT2D eigenvalue weighted by molar-refractivity contribution is -0.188. The molecule has 1 saturated heterocycles. The minimum absolute atomic E-state index is 0.156. The SMILES string of the molecule is CC(=O)ON1C(=O)N(COCC[Si](C)(C)C)C(=O)C1(C)CN. The number of nitrogens with zero attached hydrogens (tertiary/aromatic N) is 2. The van der Waals surface area contributed by atoms with E-state index in [-0.39, 0.29) is 13.3 Å². The van der Waals surface area contributed by atoms with E-state index in [9.17, 15) is 14.4 Å². The van der Waals surface area contributed by atoms with Crippen LogP contribution in [0.5, 0.6) is 0 Å². The van der Waals surface area contributed by atoms with Crippen molar-refractivity contribution in [2.45, 2.75) is 45.1 Å². The largest absolute Gasteiger partial charge is 0.362 e. The van der Waals surface area contributed by atoms with Crippen molar-refractivity contribution >= 4 is 26.0 Å². The maximum Gasteiger partial charge on any atom is 0.362 e. The number of hydrogen-bond donors (Lipinski definition) is 1. The van der Waals surface area contributed by atoms with Crippen LogP contribution in [-0.2, 0) is 19.2 Å². The number of amides is 3. The highest BCUT2D eigenvalue weighted by atomic mass is 28.3. The van der Waals surface area contributed by atoms with Crippen LogP contribution in [0.25, 0.3) is 0 Å². The highest BCUT2D eigenvalue weighted by Crippen LogP contribution is 2.27. The fraction of sp³-hybridized carbons (Fsp3) is 0.769. The molecular weight excluding hydrogens is 306 g/mol. The maximum atomic E-state index is 12.4. The van der Waals surface area contributed by atoms with Crippen LogP contribution in [0.1, 0.15) is 13.8 Å². The van der Waals surface area contributed by atoms with Gasteiger partial charge in [-0.05, 0) is 13.0 Å². The Bertz CT molecular complexity index is 465. The van der Waals surface area contributed by atoms with E-state index < -0.39 is 31.5 Å². The molecule has 1 unspecified atom stereocenters. The van der Waals surface area contributed by atoms with Crippen molar-refractivity contribution in [1.82, 2.24) is 9.96 Å². The maximum absolute atomic E-state index is 12.4. The van der Waals surface area contributed by atoms with Gasteiger partial charge in [0.15, 0.2) is 5.54 Å².